The molecule has 2 aromatic rings. The van der Waals surface area contributed by atoms with E-state index >= 15 is 4.39 Å². The van der Waals surface area contributed by atoms with E-state index in [9.17, 15) is 13.6 Å². The third-order valence-electron chi connectivity index (χ3n) is 7.45. The number of fused-ring (bicyclic) bond motifs is 1. The lowest BCUT2D eigenvalue weighted by atomic mass is 9.64. The SMILES string of the molecule is C=CC1CCC2CC(c3ccc(C(=O)Oc4ccc(OC/C=C/C)c(F)c4F)cc3F)CCC2C1. The van der Waals surface area contributed by atoms with E-state index in [4.69, 9.17) is 9.47 Å². The molecule has 0 aliphatic heterocycles. The molecule has 0 amide bonds. The van der Waals surface area contributed by atoms with Crippen LogP contribution in [0.25, 0.3) is 0 Å². The van der Waals surface area contributed by atoms with E-state index in [-0.39, 0.29) is 23.8 Å². The van der Waals surface area contributed by atoms with Crippen molar-refractivity contribution in [3.05, 3.63) is 83.7 Å². The summed E-state index contributed by atoms with van der Waals surface area (Å²) in [5.74, 6) is -2.90. The van der Waals surface area contributed by atoms with E-state index in [0.29, 0.717) is 23.3 Å². The molecular weight excluding hydrogens is 453 g/mol. The largest absolute Gasteiger partial charge is 0.486 e. The van der Waals surface area contributed by atoms with Crippen LogP contribution in [0.5, 0.6) is 11.5 Å². The smallest absolute Gasteiger partial charge is 0.343 e. The van der Waals surface area contributed by atoms with Crippen molar-refractivity contribution in [1.82, 2.24) is 0 Å². The molecule has 0 bridgehead atoms. The lowest BCUT2D eigenvalue weighted by molar-refractivity contribution is 0.0725. The van der Waals surface area contributed by atoms with Gasteiger partial charge >= 0.3 is 5.97 Å². The van der Waals surface area contributed by atoms with Crippen LogP contribution in [0.15, 0.2) is 55.1 Å². The molecule has 35 heavy (non-hydrogen) atoms. The number of allylic oxidation sites excluding steroid dienone is 2. The minimum atomic E-state index is -1.34. The van der Waals surface area contributed by atoms with Crippen molar-refractivity contribution in [3.8, 4) is 11.5 Å². The van der Waals surface area contributed by atoms with E-state index in [2.05, 4.69) is 12.7 Å². The molecule has 0 radical (unpaired) electrons. The third-order valence-corrected chi connectivity index (χ3v) is 7.45. The van der Waals surface area contributed by atoms with Crippen LogP contribution in [0.2, 0.25) is 0 Å². The predicted octanol–water partition coefficient (Wildman–Crippen LogP) is 7.76. The van der Waals surface area contributed by atoms with Crippen LogP contribution in [-0.4, -0.2) is 12.6 Å². The Morgan fingerprint density at radius 1 is 1.00 bits per heavy atom. The number of carbonyl (C=O) groups is 1. The van der Waals surface area contributed by atoms with Crippen LogP contribution in [0, 0.1) is 35.2 Å². The quantitative estimate of drug-likeness (QED) is 0.229. The topological polar surface area (TPSA) is 35.5 Å². The van der Waals surface area contributed by atoms with Crippen LogP contribution in [0.3, 0.4) is 0 Å². The van der Waals surface area contributed by atoms with Gasteiger partial charge in [-0.1, -0.05) is 24.3 Å². The average molecular weight is 485 g/mol. The van der Waals surface area contributed by atoms with Crippen molar-refractivity contribution >= 4 is 5.97 Å². The molecular formula is C29H31F3O3. The number of hydrogen-bond donors (Lipinski definition) is 0. The van der Waals surface area contributed by atoms with Crippen LogP contribution >= 0.6 is 0 Å². The lowest BCUT2D eigenvalue weighted by Gasteiger charge is -2.41. The summed E-state index contributed by atoms with van der Waals surface area (Å²) in [7, 11) is 0. The van der Waals surface area contributed by atoms with Gasteiger partial charge in [0.15, 0.2) is 11.5 Å². The van der Waals surface area contributed by atoms with Crippen molar-refractivity contribution in [1.29, 1.82) is 0 Å². The molecule has 0 N–H and O–H groups in total. The Morgan fingerprint density at radius 2 is 1.71 bits per heavy atom. The Bertz CT molecular complexity index is 1110. The fourth-order valence-corrected chi connectivity index (χ4v) is 5.50. The van der Waals surface area contributed by atoms with E-state index in [1.165, 1.54) is 18.6 Å². The zero-order valence-corrected chi connectivity index (χ0v) is 19.9. The molecule has 3 nitrogen and oxygen atoms in total. The number of benzene rings is 2. The Kier molecular flexibility index (Phi) is 7.99. The monoisotopic (exact) mass is 484 g/mol. The minimum Gasteiger partial charge on any atom is -0.486 e. The first-order chi connectivity index (χ1) is 16.9. The van der Waals surface area contributed by atoms with Crippen LogP contribution in [0.1, 0.15) is 67.3 Å². The van der Waals surface area contributed by atoms with Gasteiger partial charge in [0.1, 0.15) is 12.4 Å². The highest BCUT2D eigenvalue weighted by molar-refractivity contribution is 5.91. The third kappa shape index (κ3) is 5.63. The summed E-state index contributed by atoms with van der Waals surface area (Å²) in [5.41, 5.74) is 0.547. The summed E-state index contributed by atoms with van der Waals surface area (Å²) in [5, 5.41) is 0. The number of esters is 1. The molecule has 0 saturated heterocycles. The van der Waals surface area contributed by atoms with Gasteiger partial charge in [-0.05, 0) is 98.9 Å². The molecule has 186 valence electrons. The first-order valence-electron chi connectivity index (χ1n) is 12.3. The number of halogens is 3. The van der Waals surface area contributed by atoms with Gasteiger partial charge in [-0.25, -0.2) is 9.18 Å². The number of carbonyl (C=O) groups excluding carboxylic acids is 1. The second-order valence-corrected chi connectivity index (χ2v) is 9.53. The summed E-state index contributed by atoms with van der Waals surface area (Å²) in [6.45, 7) is 5.79. The molecule has 2 saturated carbocycles. The van der Waals surface area contributed by atoms with Gasteiger partial charge < -0.3 is 9.47 Å². The number of rotatable bonds is 7. The zero-order valence-electron chi connectivity index (χ0n) is 19.9. The van der Waals surface area contributed by atoms with E-state index in [1.807, 2.05) is 0 Å². The molecule has 4 unspecified atom stereocenters. The summed E-state index contributed by atoms with van der Waals surface area (Å²) in [4.78, 5) is 12.5. The molecule has 4 atom stereocenters. The second-order valence-electron chi connectivity index (χ2n) is 9.53. The summed E-state index contributed by atoms with van der Waals surface area (Å²) >= 11 is 0. The molecule has 2 aliphatic carbocycles. The predicted molar refractivity (Wildman–Crippen MR) is 129 cm³/mol. The van der Waals surface area contributed by atoms with Gasteiger partial charge in [0, 0.05) is 0 Å². The van der Waals surface area contributed by atoms with Crippen LogP contribution in [0.4, 0.5) is 13.2 Å². The number of ether oxygens (including phenoxy) is 2. The standard InChI is InChI=1S/C29H31F3O3/c1-3-5-14-34-25-12-13-26(28(32)27(25)31)35-29(33)22-10-11-23(24(30)17-22)21-9-8-19-15-18(4-2)6-7-20(19)16-21/h3-5,10-13,17-21H,2,6-9,14-16H2,1H3/b5-3+. The minimum absolute atomic E-state index is 0.0559. The molecule has 0 spiro atoms. The second kappa shape index (κ2) is 11.1. The highest BCUT2D eigenvalue weighted by Gasteiger charge is 2.36. The van der Waals surface area contributed by atoms with Gasteiger partial charge in [0.2, 0.25) is 11.6 Å². The maximum atomic E-state index is 15.0. The van der Waals surface area contributed by atoms with Crippen LogP contribution < -0.4 is 9.47 Å². The zero-order chi connectivity index (χ0) is 24.9. The molecule has 0 heterocycles. The summed E-state index contributed by atoms with van der Waals surface area (Å²) in [6.07, 6.45) is 11.8. The van der Waals surface area contributed by atoms with E-state index in [0.717, 1.165) is 44.2 Å². The molecule has 6 heteroatoms. The fraction of sp³-hybridized carbons (Fsp3) is 0.414. The highest BCUT2D eigenvalue weighted by Crippen LogP contribution is 2.48. The molecule has 2 aromatic carbocycles. The van der Waals surface area contributed by atoms with Gasteiger partial charge in [0.25, 0.3) is 0 Å². The van der Waals surface area contributed by atoms with Gasteiger partial charge in [-0.15, -0.1) is 6.58 Å². The maximum Gasteiger partial charge on any atom is 0.343 e. The van der Waals surface area contributed by atoms with E-state index < -0.39 is 29.2 Å². The van der Waals surface area contributed by atoms with Crippen molar-refractivity contribution in [3.63, 3.8) is 0 Å². The van der Waals surface area contributed by atoms with Gasteiger partial charge in [-0.2, -0.15) is 8.78 Å². The van der Waals surface area contributed by atoms with Crippen molar-refractivity contribution in [2.75, 3.05) is 6.61 Å². The average Bonchev–Trinajstić information content (AvgIpc) is 2.87. The molecule has 2 aliphatic rings. The fourth-order valence-electron chi connectivity index (χ4n) is 5.50. The Morgan fingerprint density at radius 3 is 2.46 bits per heavy atom. The van der Waals surface area contributed by atoms with E-state index in [1.54, 1.807) is 25.1 Å². The molecule has 0 aromatic heterocycles. The van der Waals surface area contributed by atoms with Crippen LogP contribution in [-0.2, 0) is 0 Å². The first kappa shape index (κ1) is 25.1. The molecule has 2 fully saturated rings. The lowest BCUT2D eigenvalue weighted by Crippen LogP contribution is -2.30. The van der Waals surface area contributed by atoms with Crippen molar-refractivity contribution in [2.24, 2.45) is 17.8 Å². The normalized spacial score (nSPS) is 24.1. The Labute approximate surface area is 204 Å². The highest BCUT2D eigenvalue weighted by atomic mass is 19.2. The maximum absolute atomic E-state index is 15.0. The van der Waals surface area contributed by atoms with Crippen molar-refractivity contribution < 1.29 is 27.4 Å². The Balaban J connectivity index is 1.42. The van der Waals surface area contributed by atoms with Gasteiger partial charge in [0.05, 0.1) is 5.56 Å². The van der Waals surface area contributed by atoms with Gasteiger partial charge in [-0.3, -0.25) is 0 Å². The number of hydrogen-bond acceptors (Lipinski definition) is 3. The Hall–Kier alpha value is -3.02. The van der Waals surface area contributed by atoms with Crippen molar-refractivity contribution in [2.45, 2.75) is 51.4 Å². The summed E-state index contributed by atoms with van der Waals surface area (Å²) < 4.78 is 53.8. The summed E-state index contributed by atoms with van der Waals surface area (Å²) in [6, 6.07) is 6.55. The first-order valence-corrected chi connectivity index (χ1v) is 12.3. The molecule has 4 rings (SSSR count).